The molecule has 0 fully saturated rings. The van der Waals surface area contributed by atoms with E-state index in [0.717, 1.165) is 16.7 Å². The molecule has 3 heterocycles. The summed E-state index contributed by atoms with van der Waals surface area (Å²) in [6.45, 7) is 7.82. The molecule has 0 aliphatic carbocycles. The standard InChI is InChI=1S/C26H32N6O5/c1-26(2,3)37-25(33)27-11-13-34-14-15-35-16-17-36-23-9-8-19(18-28-23)29-22-10-12-32-21-7-5-4-6-20(21)30-24(32)31-22/h4-10,12,18H,11,13-17H2,1-3H3,(H,27,33)(H,29,30,31). The molecule has 11 heteroatoms. The smallest absolute Gasteiger partial charge is 0.407 e. The van der Waals surface area contributed by atoms with Crippen LogP contribution in [0.3, 0.4) is 0 Å². The number of alkyl carbamates (subject to hydrolysis) is 1. The lowest BCUT2D eigenvalue weighted by atomic mass is 10.2. The van der Waals surface area contributed by atoms with Gasteiger partial charge in [0.2, 0.25) is 11.7 Å². The topological polar surface area (TPSA) is 121 Å². The molecule has 1 amide bonds. The molecule has 4 aromatic rings. The molecule has 3 aromatic heterocycles. The quantitative estimate of drug-likeness (QED) is 0.274. The summed E-state index contributed by atoms with van der Waals surface area (Å²) in [6, 6.07) is 13.5. The Morgan fingerprint density at radius 3 is 2.51 bits per heavy atom. The van der Waals surface area contributed by atoms with E-state index >= 15 is 0 Å². The van der Waals surface area contributed by atoms with Crippen molar-refractivity contribution in [1.29, 1.82) is 0 Å². The van der Waals surface area contributed by atoms with Crippen molar-refractivity contribution >= 4 is 34.4 Å². The van der Waals surface area contributed by atoms with E-state index in [1.165, 1.54) is 0 Å². The largest absolute Gasteiger partial charge is 0.475 e. The Kier molecular flexibility index (Phi) is 8.70. The van der Waals surface area contributed by atoms with Gasteiger partial charge in [0.15, 0.2) is 0 Å². The molecule has 2 N–H and O–H groups in total. The number of pyridine rings is 1. The van der Waals surface area contributed by atoms with Crippen molar-refractivity contribution < 1.29 is 23.7 Å². The van der Waals surface area contributed by atoms with Crippen LogP contribution in [0.25, 0.3) is 16.8 Å². The van der Waals surface area contributed by atoms with E-state index in [-0.39, 0.29) is 0 Å². The Morgan fingerprint density at radius 1 is 0.946 bits per heavy atom. The average molecular weight is 509 g/mol. The van der Waals surface area contributed by atoms with Gasteiger partial charge >= 0.3 is 6.09 Å². The average Bonchev–Trinajstić information content (AvgIpc) is 3.23. The molecule has 0 atom stereocenters. The molecule has 1 aromatic carbocycles. The Labute approximate surface area is 215 Å². The van der Waals surface area contributed by atoms with Gasteiger partial charge in [-0.15, -0.1) is 0 Å². The fourth-order valence-corrected chi connectivity index (χ4v) is 3.37. The van der Waals surface area contributed by atoms with Crippen LogP contribution < -0.4 is 15.4 Å². The van der Waals surface area contributed by atoms with E-state index in [4.69, 9.17) is 18.9 Å². The molecule has 0 radical (unpaired) electrons. The lowest BCUT2D eigenvalue weighted by Gasteiger charge is -2.19. The normalized spacial score (nSPS) is 11.5. The van der Waals surface area contributed by atoms with Crippen molar-refractivity contribution in [3.63, 3.8) is 0 Å². The second-order valence-electron chi connectivity index (χ2n) is 9.10. The first kappa shape index (κ1) is 26.1. The molecule has 0 saturated carbocycles. The third-order valence-corrected chi connectivity index (χ3v) is 4.95. The van der Waals surface area contributed by atoms with Crippen molar-refractivity contribution in [1.82, 2.24) is 24.7 Å². The number of rotatable bonds is 12. The fraction of sp³-hybridized carbons (Fsp3) is 0.385. The molecule has 0 unspecified atom stereocenters. The second-order valence-corrected chi connectivity index (χ2v) is 9.10. The zero-order valence-electron chi connectivity index (χ0n) is 21.3. The molecule has 0 saturated heterocycles. The van der Waals surface area contributed by atoms with Crippen molar-refractivity contribution in [3.8, 4) is 5.88 Å². The molecule has 0 aliphatic heterocycles. The number of amides is 1. The fourth-order valence-electron chi connectivity index (χ4n) is 3.37. The van der Waals surface area contributed by atoms with Crippen molar-refractivity contribution in [3.05, 3.63) is 54.9 Å². The molecule has 196 valence electrons. The minimum Gasteiger partial charge on any atom is -0.475 e. The lowest BCUT2D eigenvalue weighted by molar-refractivity contribution is 0.0324. The molecule has 0 bridgehead atoms. The van der Waals surface area contributed by atoms with E-state index in [1.54, 1.807) is 12.3 Å². The van der Waals surface area contributed by atoms with Crippen LogP contribution in [0, 0.1) is 0 Å². The summed E-state index contributed by atoms with van der Waals surface area (Å²) in [5.74, 6) is 1.80. The summed E-state index contributed by atoms with van der Waals surface area (Å²) in [5, 5.41) is 5.87. The number of hydrogen-bond donors (Lipinski definition) is 2. The van der Waals surface area contributed by atoms with Gasteiger partial charge in [-0.1, -0.05) is 12.1 Å². The van der Waals surface area contributed by atoms with Gasteiger partial charge in [0.05, 0.1) is 49.3 Å². The number of ether oxygens (including phenoxy) is 4. The first-order valence-electron chi connectivity index (χ1n) is 12.1. The number of benzene rings is 1. The van der Waals surface area contributed by atoms with E-state index in [2.05, 4.69) is 25.6 Å². The zero-order chi connectivity index (χ0) is 26.1. The van der Waals surface area contributed by atoms with Gasteiger partial charge in [0, 0.05) is 18.8 Å². The summed E-state index contributed by atoms with van der Waals surface area (Å²) in [5.41, 5.74) is 2.19. The van der Waals surface area contributed by atoms with Crippen LogP contribution in [0.4, 0.5) is 16.3 Å². The van der Waals surface area contributed by atoms with Gasteiger partial charge in [-0.25, -0.2) is 14.8 Å². The second kappa shape index (κ2) is 12.3. The van der Waals surface area contributed by atoms with E-state index < -0.39 is 11.7 Å². The SMILES string of the molecule is CC(C)(C)OC(=O)NCCOCCOCCOc1ccc(Nc2ccn3c(n2)nc2ccccc23)cn1. The van der Waals surface area contributed by atoms with Crippen LogP contribution in [0.5, 0.6) is 5.88 Å². The Hall–Kier alpha value is -3.96. The van der Waals surface area contributed by atoms with E-state index in [9.17, 15) is 4.79 Å². The van der Waals surface area contributed by atoms with Crippen LogP contribution in [0.1, 0.15) is 20.8 Å². The highest BCUT2D eigenvalue weighted by Crippen LogP contribution is 2.19. The number of para-hydroxylation sites is 2. The first-order valence-corrected chi connectivity index (χ1v) is 12.1. The minimum atomic E-state index is -0.514. The van der Waals surface area contributed by atoms with Crippen molar-refractivity contribution in [2.75, 3.05) is 44.9 Å². The summed E-state index contributed by atoms with van der Waals surface area (Å²) in [7, 11) is 0. The van der Waals surface area contributed by atoms with Crippen LogP contribution in [-0.4, -0.2) is 70.6 Å². The van der Waals surface area contributed by atoms with Gasteiger partial charge < -0.3 is 29.6 Å². The third kappa shape index (κ3) is 8.02. The first-order chi connectivity index (χ1) is 17.9. The number of nitrogens with zero attached hydrogens (tertiary/aromatic N) is 4. The highest BCUT2D eigenvalue weighted by Gasteiger charge is 2.15. The number of imidazole rings is 1. The number of fused-ring (bicyclic) bond motifs is 3. The maximum Gasteiger partial charge on any atom is 0.407 e. The van der Waals surface area contributed by atoms with E-state index in [0.29, 0.717) is 57.1 Å². The summed E-state index contributed by atoms with van der Waals surface area (Å²) < 4.78 is 23.6. The minimum absolute atomic E-state index is 0.367. The number of hydrogen-bond acceptors (Lipinski definition) is 9. The highest BCUT2D eigenvalue weighted by atomic mass is 16.6. The molecule has 4 rings (SSSR count). The predicted molar refractivity (Wildman–Crippen MR) is 139 cm³/mol. The number of nitrogens with one attached hydrogen (secondary N) is 2. The van der Waals surface area contributed by atoms with Gasteiger partial charge in [-0.3, -0.25) is 4.40 Å². The molecule has 37 heavy (non-hydrogen) atoms. The zero-order valence-corrected chi connectivity index (χ0v) is 21.3. The number of anilines is 2. The van der Waals surface area contributed by atoms with Gasteiger partial charge in [-0.2, -0.15) is 4.98 Å². The molecule has 0 aliphatic rings. The lowest BCUT2D eigenvalue weighted by Crippen LogP contribution is -2.34. The summed E-state index contributed by atoms with van der Waals surface area (Å²) in [6.07, 6.45) is 3.17. The number of carbonyl (C=O) groups is 1. The van der Waals surface area contributed by atoms with Crippen LogP contribution >= 0.6 is 0 Å². The highest BCUT2D eigenvalue weighted by molar-refractivity contribution is 5.79. The van der Waals surface area contributed by atoms with Crippen LogP contribution in [0.2, 0.25) is 0 Å². The summed E-state index contributed by atoms with van der Waals surface area (Å²) >= 11 is 0. The van der Waals surface area contributed by atoms with Gasteiger partial charge in [-0.05, 0) is 45.0 Å². The number of carbonyl (C=O) groups excluding carboxylic acids is 1. The van der Waals surface area contributed by atoms with E-state index in [1.807, 2.05) is 67.8 Å². The molecular formula is C26H32N6O5. The van der Waals surface area contributed by atoms with Gasteiger partial charge in [0.25, 0.3) is 0 Å². The Morgan fingerprint density at radius 2 is 1.73 bits per heavy atom. The van der Waals surface area contributed by atoms with Crippen LogP contribution in [-0.2, 0) is 14.2 Å². The predicted octanol–water partition coefficient (Wildman–Crippen LogP) is 3.96. The monoisotopic (exact) mass is 508 g/mol. The molecule has 11 nitrogen and oxygen atoms in total. The van der Waals surface area contributed by atoms with Crippen molar-refractivity contribution in [2.24, 2.45) is 0 Å². The maximum absolute atomic E-state index is 11.5. The Bertz CT molecular complexity index is 1300. The Balaban J connectivity index is 1.09. The third-order valence-electron chi connectivity index (χ3n) is 4.95. The number of aromatic nitrogens is 4. The molecule has 0 spiro atoms. The molecular weight excluding hydrogens is 476 g/mol. The summed E-state index contributed by atoms with van der Waals surface area (Å²) in [4.78, 5) is 25.0. The van der Waals surface area contributed by atoms with Gasteiger partial charge in [0.1, 0.15) is 18.0 Å². The maximum atomic E-state index is 11.5. The van der Waals surface area contributed by atoms with Crippen molar-refractivity contribution in [2.45, 2.75) is 26.4 Å². The van der Waals surface area contributed by atoms with Crippen LogP contribution in [0.15, 0.2) is 54.9 Å².